The number of nitrogens with zero attached hydrogens (tertiary/aromatic N) is 2. The van der Waals surface area contributed by atoms with Gasteiger partial charge in [0.15, 0.2) is 0 Å². The average molecular weight is 160 g/mol. The molecule has 0 radical (unpaired) electrons. The molecule has 2 heteroatoms. The van der Waals surface area contributed by atoms with Crippen LogP contribution in [0.1, 0.15) is 25.3 Å². The van der Waals surface area contributed by atoms with Crippen LogP contribution in [0.5, 0.6) is 0 Å². The fraction of sp³-hybridized carbons (Fsp3) is 0.500. The van der Waals surface area contributed by atoms with E-state index in [-0.39, 0.29) is 5.41 Å². The summed E-state index contributed by atoms with van der Waals surface area (Å²) in [5.41, 5.74) is 1.26. The van der Waals surface area contributed by atoms with Gasteiger partial charge in [0, 0.05) is 18.3 Å². The van der Waals surface area contributed by atoms with Crippen LogP contribution in [0.15, 0.2) is 12.4 Å². The van der Waals surface area contributed by atoms with Gasteiger partial charge in [0.1, 0.15) is 0 Å². The first kappa shape index (κ1) is 7.42. The van der Waals surface area contributed by atoms with Crippen LogP contribution in [-0.2, 0) is 12.0 Å². The van der Waals surface area contributed by atoms with E-state index in [0.29, 0.717) is 0 Å². The molecule has 0 aliphatic heterocycles. The topological polar surface area (TPSA) is 17.8 Å². The Morgan fingerprint density at radius 2 is 2.50 bits per heavy atom. The molecule has 1 heterocycles. The van der Waals surface area contributed by atoms with Gasteiger partial charge in [-0.2, -0.15) is 5.10 Å². The van der Waals surface area contributed by atoms with E-state index in [4.69, 9.17) is 6.42 Å². The van der Waals surface area contributed by atoms with Crippen LogP contribution in [0.3, 0.4) is 0 Å². The lowest BCUT2D eigenvalue weighted by Gasteiger charge is -2.01. The fourth-order valence-corrected chi connectivity index (χ4v) is 1.42. The van der Waals surface area contributed by atoms with Crippen molar-refractivity contribution in [3.8, 4) is 12.3 Å². The number of hydrogen-bond donors (Lipinski definition) is 0. The summed E-state index contributed by atoms with van der Waals surface area (Å²) in [7, 11) is 0. The molecule has 0 atom stereocenters. The molecule has 1 aliphatic carbocycles. The summed E-state index contributed by atoms with van der Waals surface area (Å²) >= 11 is 0. The highest BCUT2D eigenvalue weighted by Crippen LogP contribution is 2.47. The summed E-state index contributed by atoms with van der Waals surface area (Å²) in [6.45, 7) is 2.99. The zero-order valence-electron chi connectivity index (χ0n) is 7.25. The van der Waals surface area contributed by atoms with Gasteiger partial charge in [0.25, 0.3) is 0 Å². The molecule has 0 aromatic carbocycles. The molecule has 0 amide bonds. The maximum absolute atomic E-state index is 5.46. The quantitative estimate of drug-likeness (QED) is 0.600. The minimum atomic E-state index is 0.0490. The zero-order valence-corrected chi connectivity index (χ0v) is 7.25. The second-order valence-corrected chi connectivity index (χ2v) is 3.31. The standard InChI is InChI=1S/C10H12N2/c1-3-10(5-6-10)9-7-11-12(4-2)8-9/h1,7-8H,4-6H2,2H3. The van der Waals surface area contributed by atoms with Crippen molar-refractivity contribution in [1.82, 2.24) is 9.78 Å². The highest BCUT2D eigenvalue weighted by atomic mass is 15.3. The van der Waals surface area contributed by atoms with Crippen molar-refractivity contribution in [2.45, 2.75) is 31.7 Å². The van der Waals surface area contributed by atoms with Crippen molar-refractivity contribution in [3.63, 3.8) is 0 Å². The Kier molecular flexibility index (Phi) is 1.47. The van der Waals surface area contributed by atoms with Crippen LogP contribution in [0.25, 0.3) is 0 Å². The third-order valence-corrected chi connectivity index (χ3v) is 2.54. The normalized spacial score (nSPS) is 18.7. The lowest BCUT2D eigenvalue weighted by molar-refractivity contribution is 0.658. The van der Waals surface area contributed by atoms with Crippen molar-refractivity contribution in [1.29, 1.82) is 0 Å². The first-order valence-electron chi connectivity index (χ1n) is 4.31. The predicted molar refractivity (Wildman–Crippen MR) is 47.6 cm³/mol. The number of aryl methyl sites for hydroxylation is 1. The van der Waals surface area contributed by atoms with E-state index >= 15 is 0 Å². The molecule has 1 aromatic rings. The molecule has 0 N–H and O–H groups in total. The summed E-state index contributed by atoms with van der Waals surface area (Å²) in [4.78, 5) is 0. The van der Waals surface area contributed by atoms with Crippen molar-refractivity contribution in [3.05, 3.63) is 18.0 Å². The van der Waals surface area contributed by atoms with Crippen molar-refractivity contribution in [2.75, 3.05) is 0 Å². The van der Waals surface area contributed by atoms with E-state index < -0.39 is 0 Å². The maximum Gasteiger partial charge on any atom is 0.0592 e. The molecule has 12 heavy (non-hydrogen) atoms. The summed E-state index contributed by atoms with van der Waals surface area (Å²) in [5, 5.41) is 4.21. The molecule has 2 nitrogen and oxygen atoms in total. The van der Waals surface area contributed by atoms with Gasteiger partial charge in [-0.1, -0.05) is 5.92 Å². The Labute approximate surface area is 72.6 Å². The van der Waals surface area contributed by atoms with Crippen LogP contribution in [0, 0.1) is 12.3 Å². The smallest absolute Gasteiger partial charge is 0.0592 e. The third kappa shape index (κ3) is 0.937. The maximum atomic E-state index is 5.46. The Bertz CT molecular complexity index is 326. The average Bonchev–Trinajstić information content (AvgIpc) is 2.77. The second kappa shape index (κ2) is 2.38. The van der Waals surface area contributed by atoms with Gasteiger partial charge in [0.2, 0.25) is 0 Å². The van der Waals surface area contributed by atoms with E-state index in [2.05, 4.69) is 24.1 Å². The first-order valence-corrected chi connectivity index (χ1v) is 4.31. The Balaban J connectivity index is 2.30. The SMILES string of the molecule is C#CC1(c2cnn(CC)c2)CC1. The van der Waals surface area contributed by atoms with Crippen LogP contribution < -0.4 is 0 Å². The molecule has 1 fully saturated rings. The van der Waals surface area contributed by atoms with Crippen LogP contribution in [-0.4, -0.2) is 9.78 Å². The van der Waals surface area contributed by atoms with E-state index in [1.807, 2.05) is 10.9 Å². The number of aromatic nitrogens is 2. The molecule has 1 saturated carbocycles. The fourth-order valence-electron chi connectivity index (χ4n) is 1.42. The molecule has 1 aromatic heterocycles. The number of rotatable bonds is 2. The lowest BCUT2D eigenvalue weighted by Crippen LogP contribution is -2.00. The minimum absolute atomic E-state index is 0.0490. The molecule has 2 rings (SSSR count). The summed E-state index contributed by atoms with van der Waals surface area (Å²) in [6.07, 6.45) is 11.7. The monoisotopic (exact) mass is 160 g/mol. The van der Waals surface area contributed by atoms with E-state index in [9.17, 15) is 0 Å². The molecular formula is C10H12N2. The molecule has 62 valence electrons. The van der Waals surface area contributed by atoms with E-state index in [0.717, 1.165) is 19.4 Å². The predicted octanol–water partition coefficient (Wildman–Crippen LogP) is 1.57. The van der Waals surface area contributed by atoms with Crippen LogP contribution in [0.4, 0.5) is 0 Å². The Morgan fingerprint density at radius 1 is 1.75 bits per heavy atom. The lowest BCUT2D eigenvalue weighted by atomic mass is 10.0. The minimum Gasteiger partial charge on any atom is -0.273 e. The van der Waals surface area contributed by atoms with Gasteiger partial charge in [-0.15, -0.1) is 6.42 Å². The summed E-state index contributed by atoms with van der Waals surface area (Å²) in [5.74, 6) is 2.85. The van der Waals surface area contributed by atoms with Crippen molar-refractivity contribution in [2.24, 2.45) is 0 Å². The third-order valence-electron chi connectivity index (χ3n) is 2.54. The number of terminal acetylenes is 1. The molecule has 0 bridgehead atoms. The van der Waals surface area contributed by atoms with Gasteiger partial charge < -0.3 is 0 Å². The zero-order chi connectivity index (χ0) is 8.60. The first-order chi connectivity index (χ1) is 5.80. The molecule has 0 saturated heterocycles. The van der Waals surface area contributed by atoms with Gasteiger partial charge in [-0.25, -0.2) is 0 Å². The van der Waals surface area contributed by atoms with Crippen LogP contribution in [0.2, 0.25) is 0 Å². The van der Waals surface area contributed by atoms with Crippen molar-refractivity contribution >= 4 is 0 Å². The molecular weight excluding hydrogens is 148 g/mol. The van der Waals surface area contributed by atoms with Gasteiger partial charge in [-0.3, -0.25) is 4.68 Å². The van der Waals surface area contributed by atoms with E-state index in [1.54, 1.807) is 0 Å². The van der Waals surface area contributed by atoms with Gasteiger partial charge in [0.05, 0.1) is 11.6 Å². The number of hydrogen-bond acceptors (Lipinski definition) is 1. The highest BCUT2D eigenvalue weighted by molar-refractivity contribution is 5.37. The van der Waals surface area contributed by atoms with Crippen molar-refractivity contribution < 1.29 is 0 Å². The Morgan fingerprint density at radius 3 is 2.92 bits per heavy atom. The highest BCUT2D eigenvalue weighted by Gasteiger charge is 2.43. The molecule has 0 spiro atoms. The molecule has 0 unspecified atom stereocenters. The van der Waals surface area contributed by atoms with Gasteiger partial charge in [-0.05, 0) is 19.8 Å². The molecule has 1 aliphatic rings. The van der Waals surface area contributed by atoms with Gasteiger partial charge >= 0.3 is 0 Å². The second-order valence-electron chi connectivity index (χ2n) is 3.31. The summed E-state index contributed by atoms with van der Waals surface area (Å²) in [6, 6.07) is 0. The largest absolute Gasteiger partial charge is 0.273 e. The van der Waals surface area contributed by atoms with Crippen LogP contribution >= 0.6 is 0 Å². The van der Waals surface area contributed by atoms with E-state index in [1.165, 1.54) is 5.56 Å². The summed E-state index contributed by atoms with van der Waals surface area (Å²) < 4.78 is 1.92. The Hall–Kier alpha value is -1.23.